The van der Waals surface area contributed by atoms with Crippen molar-refractivity contribution in [1.29, 1.82) is 0 Å². The van der Waals surface area contributed by atoms with Crippen LogP contribution in [0, 0.1) is 25.2 Å². The quantitative estimate of drug-likeness (QED) is 0.597. The molecule has 0 spiro atoms. The Hall–Kier alpha value is -0.780. The topological polar surface area (TPSA) is 0 Å². The maximum absolute atomic E-state index is 2.39. The fourth-order valence-electron chi connectivity index (χ4n) is 2.74. The molecule has 1 unspecified atom stereocenters. The van der Waals surface area contributed by atoms with E-state index >= 15 is 0 Å². The minimum Gasteiger partial charge on any atom is -0.0651 e. The maximum Gasteiger partial charge on any atom is -0.0351 e. The Kier molecular flexibility index (Phi) is 5.24. The second-order valence-electron chi connectivity index (χ2n) is 6.34. The first-order chi connectivity index (χ1) is 7.93. The van der Waals surface area contributed by atoms with E-state index in [-0.39, 0.29) is 0 Å². The molecule has 0 heterocycles. The molecule has 1 fully saturated rings. The molecule has 1 saturated carbocycles. The highest BCUT2D eigenvalue weighted by Crippen LogP contribution is 2.41. The Bertz CT molecular complexity index is 318. The van der Waals surface area contributed by atoms with Crippen LogP contribution in [0.4, 0.5) is 0 Å². The van der Waals surface area contributed by atoms with Crippen LogP contribution in [0.3, 0.4) is 0 Å². The van der Waals surface area contributed by atoms with Gasteiger partial charge in [-0.05, 0) is 44.4 Å². The molecule has 96 valence electrons. The van der Waals surface area contributed by atoms with Crippen molar-refractivity contribution in [3.63, 3.8) is 0 Å². The smallest absolute Gasteiger partial charge is 0.0351 e. The van der Waals surface area contributed by atoms with E-state index in [9.17, 15) is 0 Å². The average molecular weight is 232 g/mol. The van der Waals surface area contributed by atoms with Gasteiger partial charge in [-0.3, -0.25) is 0 Å². The molecule has 0 bridgehead atoms. The van der Waals surface area contributed by atoms with Crippen LogP contribution in [0.15, 0.2) is 24.3 Å². The number of aryl methyl sites for hydroxylation is 2. The molecule has 0 saturated heterocycles. The predicted octanol–water partition coefficient (Wildman–Crippen LogP) is 5.53. The van der Waals surface area contributed by atoms with E-state index in [1.165, 1.54) is 36.8 Å². The summed E-state index contributed by atoms with van der Waals surface area (Å²) < 4.78 is 0. The van der Waals surface area contributed by atoms with Crippen LogP contribution in [0.25, 0.3) is 0 Å². The highest BCUT2D eigenvalue weighted by molar-refractivity contribution is 5.20. The van der Waals surface area contributed by atoms with Crippen molar-refractivity contribution in [3.05, 3.63) is 35.4 Å². The van der Waals surface area contributed by atoms with Crippen molar-refractivity contribution in [3.8, 4) is 0 Å². The number of hydrogen-bond donors (Lipinski definition) is 0. The summed E-state index contributed by atoms with van der Waals surface area (Å²) in [6.07, 6.45) is 5.78. The van der Waals surface area contributed by atoms with Gasteiger partial charge in [0.1, 0.15) is 0 Å². The lowest BCUT2D eigenvalue weighted by Crippen LogP contribution is -2.04. The van der Waals surface area contributed by atoms with E-state index in [1.807, 2.05) is 0 Å². The van der Waals surface area contributed by atoms with Gasteiger partial charge in [0.05, 0.1) is 0 Å². The molecular weight excluding hydrogens is 204 g/mol. The van der Waals surface area contributed by atoms with E-state index in [4.69, 9.17) is 0 Å². The summed E-state index contributed by atoms with van der Waals surface area (Å²) in [5.74, 6) is 1.04. The van der Waals surface area contributed by atoms with Gasteiger partial charge in [-0.1, -0.05) is 62.6 Å². The molecule has 1 aliphatic carbocycles. The van der Waals surface area contributed by atoms with Crippen LogP contribution in [0.2, 0.25) is 0 Å². The van der Waals surface area contributed by atoms with Gasteiger partial charge in [0.25, 0.3) is 0 Å². The predicted molar refractivity (Wildman–Crippen MR) is 77.3 cm³/mol. The zero-order valence-corrected chi connectivity index (χ0v) is 12.2. The Balaban J connectivity index is 0.000000171. The maximum atomic E-state index is 2.39. The standard InChI is InChI=1S/C9H18.C8H10/c1-4-8-5-6-9(2,3)7-8;1-7-4-3-5-8(2)6-7/h8H,4-7H2,1-3H3;3-6H,1-2H3. The molecular formula is C17H28. The SMILES string of the molecule is CCC1CCC(C)(C)C1.Cc1cccc(C)c1. The van der Waals surface area contributed by atoms with Gasteiger partial charge in [-0.2, -0.15) is 0 Å². The van der Waals surface area contributed by atoms with Crippen molar-refractivity contribution in [2.24, 2.45) is 11.3 Å². The number of hydrogen-bond acceptors (Lipinski definition) is 0. The normalized spacial score (nSPS) is 21.8. The highest BCUT2D eigenvalue weighted by Gasteiger charge is 2.29. The molecule has 1 aromatic carbocycles. The summed E-state index contributed by atoms with van der Waals surface area (Å²) in [6.45, 7) is 11.3. The molecule has 0 heteroatoms. The van der Waals surface area contributed by atoms with E-state index in [2.05, 4.69) is 58.9 Å². The molecule has 1 aliphatic rings. The monoisotopic (exact) mass is 232 g/mol. The van der Waals surface area contributed by atoms with Gasteiger partial charge >= 0.3 is 0 Å². The van der Waals surface area contributed by atoms with E-state index < -0.39 is 0 Å². The Labute approximate surface area is 107 Å². The average Bonchev–Trinajstić information content (AvgIpc) is 2.59. The van der Waals surface area contributed by atoms with E-state index in [0.29, 0.717) is 5.41 Å². The zero-order valence-electron chi connectivity index (χ0n) is 12.2. The van der Waals surface area contributed by atoms with Gasteiger partial charge in [-0.25, -0.2) is 0 Å². The van der Waals surface area contributed by atoms with Gasteiger partial charge < -0.3 is 0 Å². The molecule has 1 atom stereocenters. The van der Waals surface area contributed by atoms with Gasteiger partial charge in [0, 0.05) is 0 Å². The van der Waals surface area contributed by atoms with Crippen LogP contribution in [0.5, 0.6) is 0 Å². The second kappa shape index (κ2) is 6.23. The fraction of sp³-hybridized carbons (Fsp3) is 0.647. The molecule has 0 N–H and O–H groups in total. The van der Waals surface area contributed by atoms with E-state index in [0.717, 1.165) is 5.92 Å². The Morgan fingerprint density at radius 2 is 1.76 bits per heavy atom. The number of benzene rings is 1. The van der Waals surface area contributed by atoms with Crippen LogP contribution in [-0.2, 0) is 0 Å². The molecule has 0 radical (unpaired) electrons. The lowest BCUT2D eigenvalue weighted by molar-refractivity contribution is 0.358. The first-order valence-corrected chi connectivity index (χ1v) is 6.96. The lowest BCUT2D eigenvalue weighted by atomic mass is 9.90. The first kappa shape index (κ1) is 14.3. The van der Waals surface area contributed by atoms with Crippen molar-refractivity contribution >= 4 is 0 Å². The van der Waals surface area contributed by atoms with Crippen LogP contribution in [-0.4, -0.2) is 0 Å². The Morgan fingerprint density at radius 3 is 2.00 bits per heavy atom. The van der Waals surface area contributed by atoms with Crippen LogP contribution in [0.1, 0.15) is 57.6 Å². The first-order valence-electron chi connectivity index (χ1n) is 6.96. The summed E-state index contributed by atoms with van der Waals surface area (Å²) in [4.78, 5) is 0. The molecule has 0 nitrogen and oxygen atoms in total. The van der Waals surface area contributed by atoms with Gasteiger partial charge in [-0.15, -0.1) is 0 Å². The van der Waals surface area contributed by atoms with E-state index in [1.54, 1.807) is 0 Å². The third-order valence-electron chi connectivity index (χ3n) is 3.82. The summed E-state index contributed by atoms with van der Waals surface area (Å²) in [6, 6.07) is 8.45. The van der Waals surface area contributed by atoms with Crippen LogP contribution >= 0.6 is 0 Å². The summed E-state index contributed by atoms with van der Waals surface area (Å²) >= 11 is 0. The number of rotatable bonds is 1. The minimum absolute atomic E-state index is 0.667. The van der Waals surface area contributed by atoms with Crippen molar-refractivity contribution in [2.75, 3.05) is 0 Å². The third-order valence-corrected chi connectivity index (χ3v) is 3.82. The molecule has 0 aromatic heterocycles. The second-order valence-corrected chi connectivity index (χ2v) is 6.34. The molecule has 0 aliphatic heterocycles. The lowest BCUT2D eigenvalue weighted by Gasteiger charge is -2.15. The molecule has 0 amide bonds. The van der Waals surface area contributed by atoms with Crippen molar-refractivity contribution in [2.45, 2.75) is 60.3 Å². The van der Waals surface area contributed by atoms with Gasteiger partial charge in [0.2, 0.25) is 0 Å². The summed E-state index contributed by atoms with van der Waals surface area (Å²) in [7, 11) is 0. The molecule has 1 aromatic rings. The summed E-state index contributed by atoms with van der Waals surface area (Å²) in [5.41, 5.74) is 3.34. The highest BCUT2D eigenvalue weighted by atomic mass is 14.3. The van der Waals surface area contributed by atoms with Crippen LogP contribution < -0.4 is 0 Å². The van der Waals surface area contributed by atoms with Gasteiger partial charge in [0.15, 0.2) is 0 Å². The molecule has 2 rings (SSSR count). The van der Waals surface area contributed by atoms with Crippen molar-refractivity contribution < 1.29 is 0 Å². The minimum atomic E-state index is 0.667. The Morgan fingerprint density at radius 1 is 1.18 bits per heavy atom. The fourth-order valence-corrected chi connectivity index (χ4v) is 2.74. The van der Waals surface area contributed by atoms with Crippen molar-refractivity contribution in [1.82, 2.24) is 0 Å². The zero-order chi connectivity index (χ0) is 12.9. The largest absolute Gasteiger partial charge is 0.0651 e. The molecule has 17 heavy (non-hydrogen) atoms. The summed E-state index contributed by atoms with van der Waals surface area (Å²) in [5, 5.41) is 0. The third kappa shape index (κ3) is 5.39.